The van der Waals surface area contributed by atoms with Crippen LogP contribution in [-0.2, 0) is 4.79 Å². The molecule has 0 spiro atoms. The molecule has 80 valence electrons. The predicted molar refractivity (Wildman–Crippen MR) is 56.6 cm³/mol. The molecule has 2 aliphatic rings. The maximum atomic E-state index is 11.5. The minimum absolute atomic E-state index is 0.0243. The van der Waals surface area contributed by atoms with E-state index in [1.165, 1.54) is 51.4 Å². The van der Waals surface area contributed by atoms with E-state index in [0.717, 1.165) is 0 Å². The molecule has 2 rings (SSSR count). The molecule has 0 radical (unpaired) electrons. The van der Waals surface area contributed by atoms with Crippen molar-refractivity contribution in [3.05, 3.63) is 0 Å². The Morgan fingerprint density at radius 1 is 0.929 bits per heavy atom. The predicted octanol–water partition coefficient (Wildman–Crippen LogP) is 2.47. The van der Waals surface area contributed by atoms with Gasteiger partial charge in [0, 0.05) is 5.92 Å². The van der Waals surface area contributed by atoms with Gasteiger partial charge in [-0.25, -0.2) is 0 Å². The summed E-state index contributed by atoms with van der Waals surface area (Å²) in [6, 6.07) is 0. The molecule has 0 bridgehead atoms. The zero-order valence-corrected chi connectivity index (χ0v) is 8.87. The molecular formula is C12H21NO. The highest BCUT2D eigenvalue weighted by molar-refractivity contribution is 5.77. The van der Waals surface area contributed by atoms with E-state index < -0.39 is 0 Å². The van der Waals surface area contributed by atoms with E-state index >= 15 is 0 Å². The van der Waals surface area contributed by atoms with Crippen LogP contribution in [-0.4, -0.2) is 5.91 Å². The van der Waals surface area contributed by atoms with Gasteiger partial charge in [-0.2, -0.15) is 0 Å². The smallest absolute Gasteiger partial charge is 0.221 e. The lowest BCUT2D eigenvalue weighted by Crippen LogP contribution is -2.34. The molecule has 0 aliphatic heterocycles. The van der Waals surface area contributed by atoms with Crippen molar-refractivity contribution in [2.75, 3.05) is 0 Å². The molecule has 0 unspecified atom stereocenters. The molecule has 1 amide bonds. The number of primary amides is 1. The summed E-state index contributed by atoms with van der Waals surface area (Å²) in [5.74, 6) is 1.43. The lowest BCUT2D eigenvalue weighted by Gasteiger charge is -2.25. The summed E-state index contributed by atoms with van der Waals surface area (Å²) in [6.07, 6.45) is 10.2. The molecule has 0 saturated heterocycles. The van der Waals surface area contributed by atoms with Crippen LogP contribution in [0, 0.1) is 17.8 Å². The second-order valence-electron chi connectivity index (χ2n) is 5.02. The van der Waals surface area contributed by atoms with Gasteiger partial charge in [0.15, 0.2) is 0 Å². The molecule has 2 N–H and O–H groups in total. The van der Waals surface area contributed by atoms with Crippen LogP contribution in [0.2, 0.25) is 0 Å². The van der Waals surface area contributed by atoms with Crippen LogP contribution in [0.15, 0.2) is 0 Å². The highest BCUT2D eigenvalue weighted by atomic mass is 16.1. The fraction of sp³-hybridized carbons (Fsp3) is 0.917. The van der Waals surface area contributed by atoms with Crippen LogP contribution >= 0.6 is 0 Å². The first-order chi connectivity index (χ1) is 6.79. The summed E-state index contributed by atoms with van der Waals surface area (Å²) in [5.41, 5.74) is 5.56. The van der Waals surface area contributed by atoms with Gasteiger partial charge in [0.25, 0.3) is 0 Å². The molecule has 14 heavy (non-hydrogen) atoms. The number of nitrogens with two attached hydrogens (primary N) is 1. The second kappa shape index (κ2) is 4.33. The van der Waals surface area contributed by atoms with Crippen LogP contribution < -0.4 is 5.73 Å². The van der Waals surface area contributed by atoms with Gasteiger partial charge in [-0.05, 0) is 37.5 Å². The number of amides is 1. The third-order valence-corrected chi connectivity index (χ3v) is 4.14. The highest BCUT2D eigenvalue weighted by Crippen LogP contribution is 2.41. The number of rotatable bonds is 3. The van der Waals surface area contributed by atoms with Crippen molar-refractivity contribution in [2.45, 2.75) is 51.4 Å². The summed E-state index contributed by atoms with van der Waals surface area (Å²) >= 11 is 0. The fourth-order valence-corrected chi connectivity index (χ4v) is 3.48. The van der Waals surface area contributed by atoms with Gasteiger partial charge in [0.05, 0.1) is 0 Å². The zero-order chi connectivity index (χ0) is 9.97. The Morgan fingerprint density at radius 2 is 1.29 bits per heavy atom. The molecule has 0 atom stereocenters. The van der Waals surface area contributed by atoms with Crippen molar-refractivity contribution in [1.82, 2.24) is 0 Å². The molecule has 2 aliphatic carbocycles. The standard InChI is InChI=1S/C12H21NO/c13-12(14)11(9-5-1-2-6-9)10-7-3-4-8-10/h9-11H,1-8H2,(H2,13,14). The normalized spacial score (nSPS) is 24.9. The number of hydrogen-bond acceptors (Lipinski definition) is 1. The number of hydrogen-bond donors (Lipinski definition) is 1. The van der Waals surface area contributed by atoms with E-state index in [2.05, 4.69) is 0 Å². The van der Waals surface area contributed by atoms with Crippen molar-refractivity contribution >= 4 is 5.91 Å². The van der Waals surface area contributed by atoms with Crippen LogP contribution in [0.25, 0.3) is 0 Å². The minimum Gasteiger partial charge on any atom is -0.369 e. The van der Waals surface area contributed by atoms with Gasteiger partial charge in [-0.15, -0.1) is 0 Å². The monoisotopic (exact) mass is 195 g/mol. The third-order valence-electron chi connectivity index (χ3n) is 4.14. The van der Waals surface area contributed by atoms with Crippen molar-refractivity contribution in [2.24, 2.45) is 23.5 Å². The average molecular weight is 195 g/mol. The summed E-state index contributed by atoms with van der Waals surface area (Å²) in [4.78, 5) is 11.5. The Labute approximate surface area is 86.2 Å². The third kappa shape index (κ3) is 1.94. The Bertz CT molecular complexity index is 186. The van der Waals surface area contributed by atoms with Gasteiger partial charge < -0.3 is 5.73 Å². The van der Waals surface area contributed by atoms with Crippen LogP contribution in [0.3, 0.4) is 0 Å². The molecule has 2 heteroatoms. The van der Waals surface area contributed by atoms with E-state index in [-0.39, 0.29) is 11.8 Å². The molecule has 0 aromatic carbocycles. The van der Waals surface area contributed by atoms with Crippen LogP contribution in [0.1, 0.15) is 51.4 Å². The van der Waals surface area contributed by atoms with Crippen LogP contribution in [0.4, 0.5) is 0 Å². The lowest BCUT2D eigenvalue weighted by atomic mass is 9.79. The van der Waals surface area contributed by atoms with Crippen molar-refractivity contribution in [3.8, 4) is 0 Å². The Hall–Kier alpha value is -0.530. The lowest BCUT2D eigenvalue weighted by molar-refractivity contribution is -0.125. The van der Waals surface area contributed by atoms with E-state index in [4.69, 9.17) is 5.73 Å². The van der Waals surface area contributed by atoms with Crippen LogP contribution in [0.5, 0.6) is 0 Å². The zero-order valence-electron chi connectivity index (χ0n) is 8.87. The molecule has 2 nitrogen and oxygen atoms in total. The molecule has 2 saturated carbocycles. The first kappa shape index (κ1) is 10.0. The Kier molecular flexibility index (Phi) is 3.09. The highest BCUT2D eigenvalue weighted by Gasteiger charge is 2.36. The summed E-state index contributed by atoms with van der Waals surface area (Å²) in [6.45, 7) is 0. The van der Waals surface area contributed by atoms with E-state index in [1.807, 2.05) is 0 Å². The summed E-state index contributed by atoms with van der Waals surface area (Å²) in [5, 5.41) is 0. The topological polar surface area (TPSA) is 43.1 Å². The summed E-state index contributed by atoms with van der Waals surface area (Å²) < 4.78 is 0. The molecule has 0 aromatic rings. The largest absolute Gasteiger partial charge is 0.369 e. The number of carbonyl (C=O) groups is 1. The van der Waals surface area contributed by atoms with Gasteiger partial charge >= 0.3 is 0 Å². The van der Waals surface area contributed by atoms with Crippen molar-refractivity contribution in [1.29, 1.82) is 0 Å². The van der Waals surface area contributed by atoms with E-state index in [9.17, 15) is 4.79 Å². The quantitative estimate of drug-likeness (QED) is 0.738. The second-order valence-corrected chi connectivity index (χ2v) is 5.02. The molecule has 2 fully saturated rings. The summed E-state index contributed by atoms with van der Waals surface area (Å²) in [7, 11) is 0. The van der Waals surface area contributed by atoms with E-state index in [0.29, 0.717) is 11.8 Å². The maximum absolute atomic E-state index is 11.5. The molecular weight excluding hydrogens is 174 g/mol. The Morgan fingerprint density at radius 3 is 1.57 bits per heavy atom. The molecule has 0 aromatic heterocycles. The first-order valence-corrected chi connectivity index (χ1v) is 6.08. The van der Waals surface area contributed by atoms with Gasteiger partial charge in [-0.3, -0.25) is 4.79 Å². The average Bonchev–Trinajstić information content (AvgIpc) is 2.75. The molecule has 0 heterocycles. The Balaban J connectivity index is 2.02. The van der Waals surface area contributed by atoms with Crippen molar-refractivity contribution in [3.63, 3.8) is 0 Å². The fourth-order valence-electron chi connectivity index (χ4n) is 3.48. The number of carbonyl (C=O) groups excluding carboxylic acids is 1. The minimum atomic E-state index is -0.0243. The van der Waals surface area contributed by atoms with Crippen molar-refractivity contribution < 1.29 is 4.79 Å². The maximum Gasteiger partial charge on any atom is 0.221 e. The van der Waals surface area contributed by atoms with E-state index in [1.54, 1.807) is 0 Å². The SMILES string of the molecule is NC(=O)C(C1CCCC1)C1CCCC1. The van der Waals surface area contributed by atoms with Gasteiger partial charge in [0.2, 0.25) is 5.91 Å². The van der Waals surface area contributed by atoms with Gasteiger partial charge in [0.1, 0.15) is 0 Å². The first-order valence-electron chi connectivity index (χ1n) is 6.08. The van der Waals surface area contributed by atoms with Gasteiger partial charge in [-0.1, -0.05) is 25.7 Å².